The Bertz CT molecular complexity index is 694. The summed E-state index contributed by atoms with van der Waals surface area (Å²) in [4.78, 5) is 6.66. The molecular formula is C18H24N4O2. The summed E-state index contributed by atoms with van der Waals surface area (Å²) in [5.41, 5.74) is 2.28. The van der Waals surface area contributed by atoms with E-state index in [2.05, 4.69) is 21.0 Å². The van der Waals surface area contributed by atoms with Gasteiger partial charge in [0.05, 0.1) is 23.6 Å². The van der Waals surface area contributed by atoms with Crippen LogP contribution in [-0.2, 0) is 18.3 Å². The van der Waals surface area contributed by atoms with E-state index >= 15 is 0 Å². The molecule has 0 saturated carbocycles. The summed E-state index contributed by atoms with van der Waals surface area (Å²) in [5.74, 6) is 1.13. The van der Waals surface area contributed by atoms with Crippen molar-refractivity contribution in [2.75, 3.05) is 26.3 Å². The number of aromatic nitrogens is 3. The topological polar surface area (TPSA) is 52.4 Å². The van der Waals surface area contributed by atoms with E-state index in [1.54, 1.807) is 6.20 Å². The van der Waals surface area contributed by atoms with Gasteiger partial charge in [0.25, 0.3) is 0 Å². The fourth-order valence-electron chi connectivity index (χ4n) is 3.85. The van der Waals surface area contributed by atoms with Gasteiger partial charge in [-0.15, -0.1) is 0 Å². The Balaban J connectivity index is 1.33. The molecule has 2 aliphatic rings. The third kappa shape index (κ3) is 2.91. The Kier molecular flexibility index (Phi) is 4.02. The quantitative estimate of drug-likeness (QED) is 0.838. The van der Waals surface area contributed by atoms with Gasteiger partial charge in [-0.1, -0.05) is 6.07 Å². The third-order valence-corrected chi connectivity index (χ3v) is 5.14. The van der Waals surface area contributed by atoms with E-state index in [9.17, 15) is 0 Å². The zero-order valence-electron chi connectivity index (χ0n) is 14.3. The fraction of sp³-hybridized carbons (Fsp3) is 0.556. The van der Waals surface area contributed by atoms with E-state index in [1.165, 1.54) is 5.69 Å². The molecule has 6 heteroatoms. The van der Waals surface area contributed by atoms with E-state index in [0.29, 0.717) is 18.4 Å². The van der Waals surface area contributed by atoms with Crippen LogP contribution < -0.4 is 4.74 Å². The molecule has 0 aliphatic carbocycles. The molecule has 24 heavy (non-hydrogen) atoms. The first-order chi connectivity index (χ1) is 11.6. The van der Waals surface area contributed by atoms with E-state index in [4.69, 9.17) is 9.47 Å². The largest absolute Gasteiger partial charge is 0.477 e. The van der Waals surface area contributed by atoms with E-state index < -0.39 is 0 Å². The zero-order valence-corrected chi connectivity index (χ0v) is 14.3. The van der Waals surface area contributed by atoms with Crippen LogP contribution in [0.5, 0.6) is 5.88 Å². The molecule has 2 aromatic rings. The molecule has 0 bridgehead atoms. The number of aryl methyl sites for hydroxylation is 2. The van der Waals surface area contributed by atoms with E-state index in [-0.39, 0.29) is 5.60 Å². The second-order valence-electron chi connectivity index (χ2n) is 6.92. The summed E-state index contributed by atoms with van der Waals surface area (Å²) in [5, 5.41) is 4.42. The number of rotatable bonds is 5. The second-order valence-corrected chi connectivity index (χ2v) is 6.92. The Hall–Kier alpha value is -1.92. The van der Waals surface area contributed by atoms with Gasteiger partial charge in [0, 0.05) is 51.5 Å². The minimum absolute atomic E-state index is 0.0393. The number of hydrogen-bond donors (Lipinski definition) is 0. The zero-order chi connectivity index (χ0) is 16.6. The van der Waals surface area contributed by atoms with Gasteiger partial charge in [0.2, 0.25) is 5.88 Å². The number of likely N-dealkylation sites (tertiary alicyclic amines) is 1. The standard InChI is InChI=1S/C18H24N4O2/c1-14-9-16(21(2)20-14)10-22-12-18(13-22)15(6-8-24-18)11-23-17-5-3-4-7-19-17/h3-5,7,9,15H,6,8,10-13H2,1-2H3/t15-/m0/s1. The van der Waals surface area contributed by atoms with Crippen molar-refractivity contribution >= 4 is 0 Å². The van der Waals surface area contributed by atoms with Crippen molar-refractivity contribution in [3.05, 3.63) is 41.9 Å². The van der Waals surface area contributed by atoms with Crippen LogP contribution >= 0.6 is 0 Å². The molecule has 0 amide bonds. The Morgan fingerprint density at radius 1 is 1.38 bits per heavy atom. The summed E-state index contributed by atoms with van der Waals surface area (Å²) < 4.78 is 14.0. The maximum atomic E-state index is 6.12. The Morgan fingerprint density at radius 2 is 2.25 bits per heavy atom. The summed E-state index contributed by atoms with van der Waals surface area (Å²) in [6.45, 7) is 6.40. The van der Waals surface area contributed by atoms with Crippen molar-refractivity contribution < 1.29 is 9.47 Å². The monoisotopic (exact) mass is 328 g/mol. The first-order valence-corrected chi connectivity index (χ1v) is 8.54. The first kappa shape index (κ1) is 15.6. The smallest absolute Gasteiger partial charge is 0.213 e. The van der Waals surface area contributed by atoms with E-state index in [0.717, 1.165) is 38.4 Å². The third-order valence-electron chi connectivity index (χ3n) is 5.14. The number of hydrogen-bond acceptors (Lipinski definition) is 5. The molecule has 2 saturated heterocycles. The van der Waals surface area contributed by atoms with Crippen molar-refractivity contribution in [3.63, 3.8) is 0 Å². The predicted molar refractivity (Wildman–Crippen MR) is 89.7 cm³/mol. The highest BCUT2D eigenvalue weighted by Gasteiger charge is 2.53. The molecule has 1 atom stereocenters. The summed E-state index contributed by atoms with van der Waals surface area (Å²) >= 11 is 0. The molecular weight excluding hydrogens is 304 g/mol. The molecule has 0 N–H and O–H groups in total. The molecule has 6 nitrogen and oxygen atoms in total. The first-order valence-electron chi connectivity index (χ1n) is 8.54. The predicted octanol–water partition coefficient (Wildman–Crippen LogP) is 1.79. The van der Waals surface area contributed by atoms with Gasteiger partial charge >= 0.3 is 0 Å². The van der Waals surface area contributed by atoms with Crippen molar-refractivity contribution in [2.45, 2.75) is 25.5 Å². The van der Waals surface area contributed by atoms with Gasteiger partial charge in [0.15, 0.2) is 0 Å². The fourth-order valence-corrected chi connectivity index (χ4v) is 3.85. The molecule has 4 heterocycles. The van der Waals surface area contributed by atoms with Gasteiger partial charge in [-0.2, -0.15) is 5.10 Å². The highest BCUT2D eigenvalue weighted by molar-refractivity contribution is 5.13. The molecule has 2 aliphatic heterocycles. The number of ether oxygens (including phenoxy) is 2. The molecule has 2 aromatic heterocycles. The van der Waals surface area contributed by atoms with Gasteiger partial charge in [-0.25, -0.2) is 4.98 Å². The molecule has 1 spiro atoms. The molecule has 128 valence electrons. The van der Waals surface area contributed by atoms with Crippen LogP contribution in [0.25, 0.3) is 0 Å². The molecule has 2 fully saturated rings. The van der Waals surface area contributed by atoms with Gasteiger partial charge in [-0.3, -0.25) is 9.58 Å². The number of pyridine rings is 1. The average Bonchev–Trinajstić information content (AvgIpc) is 3.09. The van der Waals surface area contributed by atoms with E-state index in [1.807, 2.05) is 36.9 Å². The van der Waals surface area contributed by atoms with Crippen LogP contribution in [0.4, 0.5) is 0 Å². The molecule has 0 unspecified atom stereocenters. The molecule has 4 rings (SSSR count). The van der Waals surface area contributed by atoms with Crippen LogP contribution in [0.2, 0.25) is 0 Å². The maximum absolute atomic E-state index is 6.12. The van der Waals surface area contributed by atoms with Gasteiger partial charge in [-0.05, 0) is 25.5 Å². The van der Waals surface area contributed by atoms with Crippen molar-refractivity contribution in [2.24, 2.45) is 13.0 Å². The lowest BCUT2D eigenvalue weighted by molar-refractivity contribution is -0.141. The van der Waals surface area contributed by atoms with Crippen LogP contribution in [-0.4, -0.2) is 51.6 Å². The van der Waals surface area contributed by atoms with Gasteiger partial charge in [0.1, 0.15) is 0 Å². The minimum atomic E-state index is -0.0393. The van der Waals surface area contributed by atoms with Crippen molar-refractivity contribution in [1.29, 1.82) is 0 Å². The van der Waals surface area contributed by atoms with Crippen molar-refractivity contribution in [3.8, 4) is 5.88 Å². The normalized spacial score (nSPS) is 22.7. The maximum Gasteiger partial charge on any atom is 0.213 e. The molecule has 0 radical (unpaired) electrons. The van der Waals surface area contributed by atoms with Crippen LogP contribution in [0.15, 0.2) is 30.5 Å². The summed E-state index contributed by atoms with van der Waals surface area (Å²) in [6.07, 6.45) is 2.82. The minimum Gasteiger partial charge on any atom is -0.477 e. The highest BCUT2D eigenvalue weighted by atomic mass is 16.5. The average molecular weight is 328 g/mol. The highest BCUT2D eigenvalue weighted by Crippen LogP contribution is 2.40. The lowest BCUT2D eigenvalue weighted by atomic mass is 9.81. The Labute approximate surface area is 142 Å². The summed E-state index contributed by atoms with van der Waals surface area (Å²) in [7, 11) is 2.01. The van der Waals surface area contributed by atoms with Gasteiger partial charge < -0.3 is 9.47 Å². The van der Waals surface area contributed by atoms with Crippen molar-refractivity contribution in [1.82, 2.24) is 19.7 Å². The summed E-state index contributed by atoms with van der Waals surface area (Å²) in [6, 6.07) is 7.91. The van der Waals surface area contributed by atoms with Crippen LogP contribution in [0.3, 0.4) is 0 Å². The lowest BCUT2D eigenvalue weighted by Crippen LogP contribution is -2.64. The molecule has 0 aromatic carbocycles. The number of nitrogens with zero attached hydrogens (tertiary/aromatic N) is 4. The Morgan fingerprint density at radius 3 is 2.96 bits per heavy atom. The van der Waals surface area contributed by atoms with Crippen LogP contribution in [0, 0.1) is 12.8 Å². The second kappa shape index (κ2) is 6.18. The SMILES string of the molecule is Cc1cc(CN2CC3(C2)OCC[C@H]3COc2ccccn2)n(C)n1. The van der Waals surface area contributed by atoms with Crippen LogP contribution in [0.1, 0.15) is 17.8 Å². The lowest BCUT2D eigenvalue weighted by Gasteiger charge is -2.50.